The van der Waals surface area contributed by atoms with E-state index < -0.39 is 17.7 Å². The first-order valence-electron chi connectivity index (χ1n) is 5.30. The van der Waals surface area contributed by atoms with Crippen LogP contribution in [0.25, 0.3) is 0 Å². The van der Waals surface area contributed by atoms with Crippen molar-refractivity contribution in [2.24, 2.45) is 11.8 Å². The molecule has 4 heteroatoms. The number of carbonyl (C=O) groups is 1. The van der Waals surface area contributed by atoms with Gasteiger partial charge in [-0.2, -0.15) is 0 Å². The molecule has 0 spiro atoms. The van der Waals surface area contributed by atoms with Crippen LogP contribution >= 0.6 is 0 Å². The Balaban J connectivity index is 1.98. The number of allylic oxidation sites excluding steroid dienone is 1. The second-order valence-corrected chi connectivity index (χ2v) is 4.72. The Morgan fingerprint density at radius 1 is 1.73 bits per heavy atom. The van der Waals surface area contributed by atoms with Crippen LogP contribution in [0.1, 0.15) is 26.2 Å². The van der Waals surface area contributed by atoms with Gasteiger partial charge in [-0.3, -0.25) is 4.79 Å². The molecular weight excluding hydrogens is 196 g/mol. The largest absolute Gasteiger partial charge is 0.481 e. The van der Waals surface area contributed by atoms with Crippen molar-refractivity contribution in [2.45, 2.75) is 37.9 Å². The molecule has 1 fully saturated rings. The Morgan fingerprint density at radius 2 is 2.40 bits per heavy atom. The van der Waals surface area contributed by atoms with Gasteiger partial charge in [0.05, 0.1) is 5.92 Å². The molecule has 0 aliphatic heterocycles. The lowest BCUT2D eigenvalue weighted by Crippen LogP contribution is -2.20. The van der Waals surface area contributed by atoms with Gasteiger partial charge in [0.1, 0.15) is 11.7 Å². The van der Waals surface area contributed by atoms with Crippen LogP contribution in [0.15, 0.2) is 11.6 Å². The lowest BCUT2D eigenvalue weighted by Gasteiger charge is -2.20. The lowest BCUT2D eigenvalue weighted by molar-refractivity contribution is -0.141. The van der Waals surface area contributed by atoms with Crippen LogP contribution in [0, 0.1) is 11.8 Å². The molecule has 0 amide bonds. The number of rotatable bonds is 3. The van der Waals surface area contributed by atoms with E-state index in [0.717, 1.165) is 6.42 Å². The standard InChI is InChI=1S/C11H16O4/c1-6(10(13)14)4-7-2-3-11(15)8(5-7)9(11)12/h5-7,9,12,15H,2-4H2,1H3,(H,13,14). The third-order valence-electron chi connectivity index (χ3n) is 3.55. The molecule has 84 valence electrons. The minimum atomic E-state index is -0.969. The summed E-state index contributed by atoms with van der Waals surface area (Å²) in [6, 6.07) is 0. The number of carboxylic acid groups (broad SMARTS) is 1. The molecule has 2 aliphatic rings. The summed E-state index contributed by atoms with van der Waals surface area (Å²) in [5, 5.41) is 27.9. The maximum atomic E-state index is 10.7. The topological polar surface area (TPSA) is 77.8 Å². The predicted molar refractivity (Wildman–Crippen MR) is 53.2 cm³/mol. The number of aliphatic hydroxyl groups is 2. The van der Waals surface area contributed by atoms with E-state index in [1.165, 1.54) is 0 Å². The second-order valence-electron chi connectivity index (χ2n) is 4.72. The molecule has 15 heavy (non-hydrogen) atoms. The van der Waals surface area contributed by atoms with Crippen LogP contribution in [-0.4, -0.2) is 33.0 Å². The van der Waals surface area contributed by atoms with Crippen molar-refractivity contribution < 1.29 is 20.1 Å². The van der Waals surface area contributed by atoms with Crippen molar-refractivity contribution in [1.82, 2.24) is 0 Å². The van der Waals surface area contributed by atoms with Crippen LogP contribution in [0.3, 0.4) is 0 Å². The smallest absolute Gasteiger partial charge is 0.306 e. The summed E-state index contributed by atoms with van der Waals surface area (Å²) in [6.45, 7) is 1.69. The molecule has 0 aromatic heterocycles. The summed E-state index contributed by atoms with van der Waals surface area (Å²) in [5.41, 5.74) is -0.278. The Kier molecular flexibility index (Phi) is 2.35. The highest BCUT2D eigenvalue weighted by molar-refractivity contribution is 5.69. The number of hydrogen-bond acceptors (Lipinski definition) is 3. The Hall–Kier alpha value is -0.870. The van der Waals surface area contributed by atoms with E-state index in [1.807, 2.05) is 6.08 Å². The van der Waals surface area contributed by atoms with Gasteiger partial charge in [-0.25, -0.2) is 0 Å². The highest BCUT2D eigenvalue weighted by Crippen LogP contribution is 2.51. The van der Waals surface area contributed by atoms with Crippen molar-refractivity contribution in [3.05, 3.63) is 11.6 Å². The summed E-state index contributed by atoms with van der Waals surface area (Å²) < 4.78 is 0. The second kappa shape index (κ2) is 3.32. The van der Waals surface area contributed by atoms with E-state index in [0.29, 0.717) is 18.4 Å². The van der Waals surface area contributed by atoms with Gasteiger partial charge in [-0.1, -0.05) is 13.0 Å². The number of hydrogen-bond donors (Lipinski definition) is 3. The summed E-state index contributed by atoms with van der Waals surface area (Å²) >= 11 is 0. The highest BCUT2D eigenvalue weighted by atomic mass is 16.4. The molecule has 2 rings (SSSR count). The molecule has 0 saturated heterocycles. The van der Waals surface area contributed by atoms with Crippen LogP contribution in [0.2, 0.25) is 0 Å². The van der Waals surface area contributed by atoms with Crippen LogP contribution in [0.5, 0.6) is 0 Å². The summed E-state index contributed by atoms with van der Waals surface area (Å²) in [6.07, 6.45) is 3.05. The van der Waals surface area contributed by atoms with Crippen molar-refractivity contribution in [3.8, 4) is 0 Å². The number of fused-ring (bicyclic) bond motifs is 1. The average molecular weight is 212 g/mol. The SMILES string of the molecule is CC(CC1C=C2C(O)C2(O)CC1)C(=O)O. The summed E-state index contributed by atoms with van der Waals surface area (Å²) in [4.78, 5) is 10.7. The molecule has 0 aromatic rings. The quantitative estimate of drug-likeness (QED) is 0.597. The Labute approximate surface area is 88.2 Å². The molecule has 0 radical (unpaired) electrons. The van der Waals surface area contributed by atoms with E-state index in [2.05, 4.69) is 0 Å². The molecule has 0 heterocycles. The van der Waals surface area contributed by atoms with Crippen molar-refractivity contribution in [3.63, 3.8) is 0 Å². The molecule has 0 bridgehead atoms. The zero-order chi connectivity index (χ0) is 11.2. The minimum Gasteiger partial charge on any atom is -0.481 e. The maximum Gasteiger partial charge on any atom is 0.306 e. The average Bonchev–Trinajstić information content (AvgIpc) is 2.70. The van der Waals surface area contributed by atoms with Crippen molar-refractivity contribution in [1.29, 1.82) is 0 Å². The monoisotopic (exact) mass is 212 g/mol. The Morgan fingerprint density at radius 3 is 2.93 bits per heavy atom. The minimum absolute atomic E-state index is 0.184. The van der Waals surface area contributed by atoms with E-state index in [-0.39, 0.29) is 11.8 Å². The van der Waals surface area contributed by atoms with E-state index in [1.54, 1.807) is 6.92 Å². The van der Waals surface area contributed by atoms with Gasteiger partial charge in [0.2, 0.25) is 0 Å². The third-order valence-corrected chi connectivity index (χ3v) is 3.55. The van der Waals surface area contributed by atoms with Crippen LogP contribution in [-0.2, 0) is 4.79 Å². The van der Waals surface area contributed by atoms with Crippen LogP contribution in [0.4, 0.5) is 0 Å². The first-order chi connectivity index (χ1) is 6.95. The van der Waals surface area contributed by atoms with Gasteiger partial charge in [0, 0.05) is 0 Å². The van der Waals surface area contributed by atoms with E-state index >= 15 is 0 Å². The van der Waals surface area contributed by atoms with Gasteiger partial charge in [-0.15, -0.1) is 0 Å². The predicted octanol–water partition coefficient (Wildman–Crippen LogP) is 0.539. The summed E-state index contributed by atoms with van der Waals surface area (Å²) in [7, 11) is 0. The van der Waals surface area contributed by atoms with Gasteiger partial charge in [-0.05, 0) is 30.8 Å². The van der Waals surface area contributed by atoms with Gasteiger partial charge >= 0.3 is 5.97 Å². The first kappa shape index (κ1) is 10.6. The highest BCUT2D eigenvalue weighted by Gasteiger charge is 2.59. The maximum absolute atomic E-state index is 10.7. The van der Waals surface area contributed by atoms with Crippen molar-refractivity contribution in [2.75, 3.05) is 0 Å². The summed E-state index contributed by atoms with van der Waals surface area (Å²) in [5.74, 6) is -0.969. The zero-order valence-corrected chi connectivity index (χ0v) is 8.68. The van der Waals surface area contributed by atoms with Gasteiger partial charge < -0.3 is 15.3 Å². The molecule has 0 aromatic carbocycles. The van der Waals surface area contributed by atoms with Gasteiger partial charge in [0.25, 0.3) is 0 Å². The molecule has 1 saturated carbocycles. The fourth-order valence-corrected chi connectivity index (χ4v) is 2.37. The molecule has 4 nitrogen and oxygen atoms in total. The molecule has 4 atom stereocenters. The molecule has 4 unspecified atom stereocenters. The first-order valence-corrected chi connectivity index (χ1v) is 5.30. The number of carboxylic acids is 1. The molecular formula is C11H16O4. The third kappa shape index (κ3) is 1.68. The number of aliphatic carboxylic acids is 1. The van der Waals surface area contributed by atoms with Gasteiger partial charge in [0.15, 0.2) is 0 Å². The fraction of sp³-hybridized carbons (Fsp3) is 0.727. The van der Waals surface area contributed by atoms with Crippen molar-refractivity contribution >= 4 is 5.97 Å². The van der Waals surface area contributed by atoms with Crippen LogP contribution < -0.4 is 0 Å². The fourth-order valence-electron chi connectivity index (χ4n) is 2.37. The van der Waals surface area contributed by atoms with E-state index in [4.69, 9.17) is 5.11 Å². The number of aliphatic hydroxyl groups excluding tert-OH is 1. The normalized spacial score (nSPS) is 40.3. The zero-order valence-electron chi connectivity index (χ0n) is 8.68. The lowest BCUT2D eigenvalue weighted by atomic mass is 9.87. The van der Waals surface area contributed by atoms with E-state index in [9.17, 15) is 15.0 Å². The Bertz CT molecular complexity index is 323. The molecule has 3 N–H and O–H groups in total. The molecule has 2 aliphatic carbocycles.